The fourth-order valence-corrected chi connectivity index (χ4v) is 3.15. The largest absolute Gasteiger partial charge is 0.464 e. The zero-order valence-electron chi connectivity index (χ0n) is 13.0. The smallest absolute Gasteiger partial charge is 0.359 e. The van der Waals surface area contributed by atoms with Crippen molar-refractivity contribution < 1.29 is 14.3 Å². The second-order valence-corrected chi connectivity index (χ2v) is 6.71. The van der Waals surface area contributed by atoms with Crippen molar-refractivity contribution in [2.45, 2.75) is 26.2 Å². The molecule has 122 valence electrons. The van der Waals surface area contributed by atoms with Crippen LogP contribution in [-0.2, 0) is 4.74 Å². The molecule has 3 rings (SSSR count). The maximum absolute atomic E-state index is 12.1. The number of carbonyl (C=O) groups excluding carboxylic acids is 2. The molecule has 1 saturated carbocycles. The molecule has 0 radical (unpaired) electrons. The number of rotatable bonds is 4. The van der Waals surface area contributed by atoms with Crippen LogP contribution < -0.4 is 10.6 Å². The van der Waals surface area contributed by atoms with Gasteiger partial charge in [0.2, 0.25) is 0 Å². The van der Waals surface area contributed by atoms with E-state index in [-0.39, 0.29) is 5.69 Å². The summed E-state index contributed by atoms with van der Waals surface area (Å²) in [6.07, 6.45) is 1.14. The fourth-order valence-electron chi connectivity index (χ4n) is 2.34. The number of nitrogens with zero attached hydrogens (tertiary/aromatic N) is 2. The van der Waals surface area contributed by atoms with E-state index < -0.39 is 12.0 Å². The van der Waals surface area contributed by atoms with Crippen molar-refractivity contribution in [1.29, 1.82) is 0 Å². The van der Waals surface area contributed by atoms with Crippen molar-refractivity contribution in [3.63, 3.8) is 0 Å². The second-order valence-electron chi connectivity index (χ2n) is 5.51. The molecule has 3 N–H and O–H groups in total. The average Bonchev–Trinajstić information content (AvgIpc) is 2.91. The van der Waals surface area contributed by atoms with Gasteiger partial charge >= 0.3 is 12.0 Å². The summed E-state index contributed by atoms with van der Waals surface area (Å²) in [6, 6.07) is 1.34. The number of amides is 2. The molecule has 1 aliphatic carbocycles. The topological polar surface area (TPSA) is 109 Å². The van der Waals surface area contributed by atoms with Crippen LogP contribution in [0.3, 0.4) is 0 Å². The summed E-state index contributed by atoms with van der Waals surface area (Å²) < 4.78 is 4.65. The molecule has 9 heteroatoms. The predicted octanol–water partition coefficient (Wildman–Crippen LogP) is 2.73. The summed E-state index contributed by atoms with van der Waals surface area (Å²) in [5, 5.41) is 13.3. The van der Waals surface area contributed by atoms with Crippen molar-refractivity contribution in [2.24, 2.45) is 5.92 Å². The van der Waals surface area contributed by atoms with E-state index in [1.807, 2.05) is 6.07 Å². The molecular formula is C14H17N5O3S. The summed E-state index contributed by atoms with van der Waals surface area (Å²) in [5.74, 6) is 1.00. The Balaban J connectivity index is 1.65. The molecule has 8 nitrogen and oxygen atoms in total. The Morgan fingerprint density at radius 2 is 2.17 bits per heavy atom. The number of esters is 1. The summed E-state index contributed by atoms with van der Waals surface area (Å²) in [4.78, 5) is 27.8. The number of thiazole rings is 1. The lowest BCUT2D eigenvalue weighted by Crippen LogP contribution is -2.20. The highest BCUT2D eigenvalue weighted by atomic mass is 32.1. The highest BCUT2D eigenvalue weighted by Crippen LogP contribution is 2.46. The fraction of sp³-hybridized carbons (Fsp3) is 0.429. The Labute approximate surface area is 136 Å². The van der Waals surface area contributed by atoms with E-state index in [9.17, 15) is 9.59 Å². The Kier molecular flexibility index (Phi) is 4.03. The van der Waals surface area contributed by atoms with Crippen LogP contribution in [0, 0.1) is 12.8 Å². The number of aryl methyl sites for hydroxylation is 1. The number of methoxy groups -OCH3 is 1. The molecule has 0 aliphatic heterocycles. The van der Waals surface area contributed by atoms with E-state index in [1.54, 1.807) is 6.92 Å². The molecule has 0 spiro atoms. The number of hydrogen-bond acceptors (Lipinski definition) is 6. The van der Waals surface area contributed by atoms with E-state index in [0.717, 1.165) is 12.1 Å². The van der Waals surface area contributed by atoms with Gasteiger partial charge in [0.1, 0.15) is 5.00 Å². The minimum absolute atomic E-state index is 0.0969. The van der Waals surface area contributed by atoms with Crippen LogP contribution in [0.2, 0.25) is 0 Å². The summed E-state index contributed by atoms with van der Waals surface area (Å²) in [6.45, 7) is 3.92. The van der Waals surface area contributed by atoms with Crippen LogP contribution in [0.25, 0.3) is 0 Å². The van der Waals surface area contributed by atoms with Crippen LogP contribution in [-0.4, -0.2) is 34.3 Å². The molecule has 0 aromatic carbocycles. The molecule has 1 aliphatic rings. The first kappa shape index (κ1) is 15.5. The third-order valence-electron chi connectivity index (χ3n) is 3.69. The third-order valence-corrected chi connectivity index (χ3v) is 4.57. The first-order chi connectivity index (χ1) is 11.0. The summed E-state index contributed by atoms with van der Waals surface area (Å²) >= 11 is 1.21. The van der Waals surface area contributed by atoms with Gasteiger partial charge in [0, 0.05) is 17.7 Å². The molecule has 0 bridgehead atoms. The number of ether oxygens (including phenoxy) is 1. The van der Waals surface area contributed by atoms with Crippen molar-refractivity contribution >= 4 is 34.2 Å². The van der Waals surface area contributed by atoms with Crippen molar-refractivity contribution in [3.05, 3.63) is 22.5 Å². The van der Waals surface area contributed by atoms with E-state index >= 15 is 0 Å². The molecule has 2 amide bonds. The van der Waals surface area contributed by atoms with Crippen LogP contribution in [0.5, 0.6) is 0 Å². The predicted molar refractivity (Wildman–Crippen MR) is 85.9 cm³/mol. The zero-order chi connectivity index (χ0) is 16.6. The molecular weight excluding hydrogens is 318 g/mol. The summed E-state index contributed by atoms with van der Waals surface area (Å²) in [5.41, 5.74) is 1.12. The quantitative estimate of drug-likeness (QED) is 0.744. The highest BCUT2D eigenvalue weighted by molar-refractivity contribution is 7.16. The average molecular weight is 335 g/mol. The molecule has 2 heterocycles. The third kappa shape index (κ3) is 3.34. The SMILES string of the molecule is COC(=O)c1nc(C)sc1NC(=O)Nc1cc(C2CC2C)[nH]n1. The van der Waals surface area contributed by atoms with E-state index in [4.69, 9.17) is 0 Å². The van der Waals surface area contributed by atoms with Gasteiger partial charge in [-0.05, 0) is 19.3 Å². The normalized spacial score (nSPS) is 19.3. The molecule has 2 atom stereocenters. The van der Waals surface area contributed by atoms with Gasteiger partial charge in [-0.1, -0.05) is 6.92 Å². The number of anilines is 2. The minimum Gasteiger partial charge on any atom is -0.464 e. The summed E-state index contributed by atoms with van der Waals surface area (Å²) in [7, 11) is 1.27. The van der Waals surface area contributed by atoms with Gasteiger partial charge in [-0.25, -0.2) is 14.6 Å². The maximum atomic E-state index is 12.1. The standard InChI is InChI=1S/C14H17N5O3S/c1-6-4-8(6)9-5-10(19-18-9)16-14(21)17-12-11(13(20)22-3)15-7(2)23-12/h5-6,8H,4H2,1-3H3,(H3,16,17,18,19,21). The maximum Gasteiger partial charge on any atom is 0.359 e. The van der Waals surface area contributed by atoms with E-state index in [1.165, 1.54) is 18.4 Å². The molecule has 1 fully saturated rings. The molecule has 2 unspecified atom stereocenters. The van der Waals surface area contributed by atoms with Gasteiger partial charge in [-0.3, -0.25) is 15.7 Å². The first-order valence-corrected chi connectivity index (χ1v) is 7.98. The lowest BCUT2D eigenvalue weighted by Gasteiger charge is -2.04. The number of aromatic amines is 1. The van der Waals surface area contributed by atoms with Crippen LogP contribution in [0.4, 0.5) is 15.6 Å². The Hall–Kier alpha value is -2.42. The van der Waals surface area contributed by atoms with E-state index in [0.29, 0.717) is 27.7 Å². The Bertz CT molecular complexity index is 753. The van der Waals surface area contributed by atoms with Crippen LogP contribution in [0.1, 0.15) is 40.5 Å². The van der Waals surface area contributed by atoms with Gasteiger partial charge < -0.3 is 4.74 Å². The number of H-pyrrole nitrogens is 1. The van der Waals surface area contributed by atoms with Gasteiger partial charge in [0.05, 0.1) is 12.1 Å². The number of carbonyl (C=O) groups is 2. The van der Waals surface area contributed by atoms with E-state index in [2.05, 4.69) is 37.5 Å². The number of aromatic nitrogens is 3. The van der Waals surface area contributed by atoms with Gasteiger partial charge in [0.15, 0.2) is 11.5 Å². The lowest BCUT2D eigenvalue weighted by molar-refractivity contribution is 0.0596. The van der Waals surface area contributed by atoms with Crippen molar-refractivity contribution in [3.8, 4) is 0 Å². The monoisotopic (exact) mass is 335 g/mol. The van der Waals surface area contributed by atoms with Gasteiger partial charge in [-0.15, -0.1) is 11.3 Å². The lowest BCUT2D eigenvalue weighted by atomic mass is 10.2. The Morgan fingerprint density at radius 1 is 1.43 bits per heavy atom. The molecule has 0 saturated heterocycles. The molecule has 23 heavy (non-hydrogen) atoms. The first-order valence-electron chi connectivity index (χ1n) is 7.17. The Morgan fingerprint density at radius 3 is 2.83 bits per heavy atom. The minimum atomic E-state index is -0.588. The van der Waals surface area contributed by atoms with Crippen LogP contribution >= 0.6 is 11.3 Å². The molecule has 2 aromatic rings. The van der Waals surface area contributed by atoms with Crippen molar-refractivity contribution in [1.82, 2.24) is 15.2 Å². The molecule has 2 aromatic heterocycles. The number of nitrogens with one attached hydrogen (secondary N) is 3. The number of hydrogen-bond donors (Lipinski definition) is 3. The van der Waals surface area contributed by atoms with Crippen LogP contribution in [0.15, 0.2) is 6.07 Å². The zero-order valence-corrected chi connectivity index (χ0v) is 13.8. The van der Waals surface area contributed by atoms with Gasteiger partial charge in [-0.2, -0.15) is 5.10 Å². The highest BCUT2D eigenvalue weighted by Gasteiger charge is 2.35. The van der Waals surface area contributed by atoms with Crippen molar-refractivity contribution in [2.75, 3.05) is 17.7 Å². The van der Waals surface area contributed by atoms with Gasteiger partial charge in [0.25, 0.3) is 0 Å². The second kappa shape index (κ2) is 5.99. The number of urea groups is 1.